The molecule has 0 aliphatic heterocycles. The van der Waals surface area contributed by atoms with Gasteiger partial charge in [-0.2, -0.15) is 0 Å². The van der Waals surface area contributed by atoms with Gasteiger partial charge in [-0.1, -0.05) is 91.0 Å². The summed E-state index contributed by atoms with van der Waals surface area (Å²) in [5.41, 5.74) is 3.26. The van der Waals surface area contributed by atoms with Crippen LogP contribution < -0.4 is 21.2 Å². The quantitative estimate of drug-likeness (QED) is 0.344. The van der Waals surface area contributed by atoms with Gasteiger partial charge >= 0.3 is 0 Å². The van der Waals surface area contributed by atoms with Crippen LogP contribution in [0.25, 0.3) is 11.1 Å². The van der Waals surface area contributed by atoms with Crippen molar-refractivity contribution in [1.29, 1.82) is 0 Å². The Morgan fingerprint density at radius 3 is 1.09 bits per heavy atom. The van der Waals surface area contributed by atoms with Crippen molar-refractivity contribution in [2.45, 2.75) is 6.61 Å². The molecule has 5 rings (SSSR count). The zero-order chi connectivity index (χ0) is 22.5. The molecule has 1 N–H and O–H groups in total. The van der Waals surface area contributed by atoms with Crippen molar-refractivity contribution in [2.75, 3.05) is 0 Å². The molecule has 0 unspecified atom stereocenters. The van der Waals surface area contributed by atoms with E-state index in [1.54, 1.807) is 0 Å². The number of aliphatic hydroxyl groups excluding tert-OH is 1. The number of rotatable bonds is 6. The molecule has 0 aromatic heterocycles. The lowest BCUT2D eigenvalue weighted by Gasteiger charge is -2.27. The third-order valence-electron chi connectivity index (χ3n) is 6.15. The van der Waals surface area contributed by atoms with Crippen LogP contribution in [0.5, 0.6) is 0 Å². The van der Waals surface area contributed by atoms with E-state index in [4.69, 9.17) is 0 Å². The van der Waals surface area contributed by atoms with E-state index >= 15 is 0 Å². The first kappa shape index (κ1) is 21.3. The van der Waals surface area contributed by atoms with E-state index < -0.39 is 7.26 Å². The molecule has 160 valence electrons. The molecule has 0 fully saturated rings. The van der Waals surface area contributed by atoms with E-state index in [2.05, 4.69) is 127 Å². The van der Waals surface area contributed by atoms with Crippen molar-refractivity contribution in [1.82, 2.24) is 0 Å². The second-order valence-corrected chi connectivity index (χ2v) is 11.5. The Morgan fingerprint density at radius 2 is 0.727 bits per heavy atom. The van der Waals surface area contributed by atoms with E-state index in [9.17, 15) is 5.11 Å². The van der Waals surface area contributed by atoms with E-state index in [1.165, 1.54) is 26.8 Å². The Kier molecular flexibility index (Phi) is 6.17. The summed E-state index contributed by atoms with van der Waals surface area (Å²) < 4.78 is 0. The third kappa shape index (κ3) is 4.02. The molecule has 0 aliphatic carbocycles. The largest absolute Gasteiger partial charge is 0.392 e. The van der Waals surface area contributed by atoms with Crippen LogP contribution in [0.15, 0.2) is 140 Å². The van der Waals surface area contributed by atoms with E-state index in [0.717, 1.165) is 11.1 Å². The number of aliphatic hydroxyl groups is 1. The molecule has 5 aromatic rings. The summed E-state index contributed by atoms with van der Waals surface area (Å²) in [6, 6.07) is 50.0. The van der Waals surface area contributed by atoms with Crippen molar-refractivity contribution in [2.24, 2.45) is 0 Å². The van der Waals surface area contributed by atoms with Crippen LogP contribution in [0.3, 0.4) is 0 Å². The van der Waals surface area contributed by atoms with Gasteiger partial charge in [0.1, 0.15) is 28.5 Å². The molecular weight excluding hydrogens is 419 g/mol. The lowest BCUT2D eigenvalue weighted by molar-refractivity contribution is 0.282. The SMILES string of the molecule is OCc1ccc(-c2ccc([P+](c3ccccc3)(c3ccccc3)c3ccccc3)cc2)cc1. The molecule has 0 radical (unpaired) electrons. The van der Waals surface area contributed by atoms with E-state index in [0.29, 0.717) is 0 Å². The Labute approximate surface area is 196 Å². The highest BCUT2D eigenvalue weighted by atomic mass is 31.2. The summed E-state index contributed by atoms with van der Waals surface area (Å²) >= 11 is 0. The molecule has 2 heteroatoms. The average Bonchev–Trinajstić information content (AvgIpc) is 2.91. The minimum atomic E-state index is -2.06. The first-order chi connectivity index (χ1) is 16.3. The van der Waals surface area contributed by atoms with Gasteiger partial charge in [-0.3, -0.25) is 0 Å². The van der Waals surface area contributed by atoms with Gasteiger partial charge in [-0.25, -0.2) is 0 Å². The summed E-state index contributed by atoms with van der Waals surface area (Å²) in [6.07, 6.45) is 0. The molecule has 0 bridgehead atoms. The van der Waals surface area contributed by atoms with Crippen molar-refractivity contribution in [3.63, 3.8) is 0 Å². The Bertz CT molecular complexity index is 1200. The van der Waals surface area contributed by atoms with Gasteiger partial charge in [0, 0.05) is 0 Å². The van der Waals surface area contributed by atoms with Crippen molar-refractivity contribution < 1.29 is 5.11 Å². The summed E-state index contributed by atoms with van der Waals surface area (Å²) in [7, 11) is -2.06. The second kappa shape index (κ2) is 9.55. The first-order valence-electron chi connectivity index (χ1n) is 11.2. The molecule has 0 spiro atoms. The van der Waals surface area contributed by atoms with Crippen LogP contribution in [0, 0.1) is 0 Å². The summed E-state index contributed by atoms with van der Waals surface area (Å²) in [4.78, 5) is 0. The van der Waals surface area contributed by atoms with Crippen LogP contribution >= 0.6 is 7.26 Å². The molecule has 0 heterocycles. The highest BCUT2D eigenvalue weighted by Crippen LogP contribution is 2.54. The Morgan fingerprint density at radius 1 is 0.394 bits per heavy atom. The summed E-state index contributed by atoms with van der Waals surface area (Å²) in [5, 5.41) is 14.7. The fraction of sp³-hybridized carbons (Fsp3) is 0.0323. The first-order valence-corrected chi connectivity index (χ1v) is 13.0. The van der Waals surface area contributed by atoms with Gasteiger partial charge in [0.2, 0.25) is 0 Å². The predicted octanol–water partition coefficient (Wildman–Crippen LogP) is 5.47. The molecule has 5 aromatic carbocycles. The molecule has 0 aliphatic rings. The highest BCUT2D eigenvalue weighted by molar-refractivity contribution is 8.01. The maximum absolute atomic E-state index is 9.35. The molecule has 0 saturated heterocycles. The molecule has 0 saturated carbocycles. The van der Waals surface area contributed by atoms with Crippen molar-refractivity contribution >= 4 is 28.5 Å². The van der Waals surface area contributed by atoms with Gasteiger partial charge in [0.25, 0.3) is 0 Å². The molecule has 0 atom stereocenters. The number of hydrogen-bond donors (Lipinski definition) is 1. The second-order valence-electron chi connectivity index (χ2n) is 8.08. The molecule has 1 nitrogen and oxygen atoms in total. The fourth-order valence-corrected chi connectivity index (χ4v) is 8.77. The summed E-state index contributed by atoms with van der Waals surface area (Å²) in [6.45, 7) is 0.0669. The van der Waals surface area contributed by atoms with Crippen LogP contribution in [-0.2, 0) is 6.61 Å². The van der Waals surface area contributed by atoms with Gasteiger partial charge in [-0.05, 0) is 65.2 Å². The van der Waals surface area contributed by atoms with Gasteiger partial charge in [-0.15, -0.1) is 0 Å². The summed E-state index contributed by atoms with van der Waals surface area (Å²) in [5.74, 6) is 0. The van der Waals surface area contributed by atoms with Gasteiger partial charge in [0.15, 0.2) is 0 Å². The standard InChI is InChI=1S/C31H26OP/c32-24-25-16-18-26(19-17-25)27-20-22-31(23-21-27)33(28-10-4-1-5-11-28,29-12-6-2-7-13-29)30-14-8-3-9-15-30/h1-23,32H,24H2/q+1. The van der Waals surface area contributed by atoms with Gasteiger partial charge in [0.05, 0.1) is 6.61 Å². The maximum Gasteiger partial charge on any atom is 0.144 e. The van der Waals surface area contributed by atoms with Crippen molar-refractivity contribution in [3.8, 4) is 11.1 Å². The molecule has 33 heavy (non-hydrogen) atoms. The number of benzene rings is 5. The highest BCUT2D eigenvalue weighted by Gasteiger charge is 2.47. The molecular formula is C31H26OP+. The monoisotopic (exact) mass is 445 g/mol. The van der Waals surface area contributed by atoms with Crippen LogP contribution in [-0.4, -0.2) is 5.11 Å². The Hall–Kier alpha value is -3.51. The smallest absolute Gasteiger partial charge is 0.144 e. The fourth-order valence-electron chi connectivity index (χ4n) is 4.53. The third-order valence-corrected chi connectivity index (χ3v) is 10.4. The normalized spacial score (nSPS) is 11.3. The molecule has 0 amide bonds. The maximum atomic E-state index is 9.35. The minimum Gasteiger partial charge on any atom is -0.392 e. The zero-order valence-electron chi connectivity index (χ0n) is 18.4. The minimum absolute atomic E-state index is 0.0669. The lowest BCUT2D eigenvalue weighted by atomic mass is 10.0. The number of hydrogen-bond acceptors (Lipinski definition) is 1. The predicted molar refractivity (Wildman–Crippen MR) is 143 cm³/mol. The lowest BCUT2D eigenvalue weighted by Crippen LogP contribution is -2.38. The van der Waals surface area contributed by atoms with Crippen LogP contribution in [0.2, 0.25) is 0 Å². The van der Waals surface area contributed by atoms with Crippen LogP contribution in [0.1, 0.15) is 5.56 Å². The van der Waals surface area contributed by atoms with E-state index in [1.807, 2.05) is 12.1 Å². The average molecular weight is 446 g/mol. The topological polar surface area (TPSA) is 20.2 Å². The van der Waals surface area contributed by atoms with Crippen LogP contribution in [0.4, 0.5) is 0 Å². The van der Waals surface area contributed by atoms with Crippen molar-refractivity contribution in [3.05, 3.63) is 145 Å². The van der Waals surface area contributed by atoms with E-state index in [-0.39, 0.29) is 6.61 Å². The zero-order valence-corrected chi connectivity index (χ0v) is 19.3. The van der Waals surface area contributed by atoms with Gasteiger partial charge < -0.3 is 5.11 Å². The Balaban J connectivity index is 1.72.